The van der Waals surface area contributed by atoms with Crippen LogP contribution in [0.3, 0.4) is 0 Å². The molecule has 0 bridgehead atoms. The van der Waals surface area contributed by atoms with Crippen molar-refractivity contribution in [2.45, 2.75) is 43.8 Å². The lowest BCUT2D eigenvalue weighted by Crippen LogP contribution is -2.38. The van der Waals surface area contributed by atoms with Gasteiger partial charge in [-0.1, -0.05) is 0 Å². The van der Waals surface area contributed by atoms with Gasteiger partial charge < -0.3 is 14.8 Å². The SMILES string of the molecule is CCNc1nc(C2(OCC)CCOCC2)nc2c1CSC2. The lowest BCUT2D eigenvalue weighted by atomic mass is 9.92. The second kappa shape index (κ2) is 6.50. The standard InChI is InChI=1S/C15H23N3O2S/c1-3-16-13-11-9-21-10-12(11)17-14(18-13)15(20-4-2)5-7-19-8-6-15/h3-10H2,1-2H3,(H,16,17,18). The summed E-state index contributed by atoms with van der Waals surface area (Å²) in [7, 11) is 0. The van der Waals surface area contributed by atoms with Gasteiger partial charge in [0.25, 0.3) is 0 Å². The number of fused-ring (bicyclic) bond motifs is 1. The fraction of sp³-hybridized carbons (Fsp3) is 0.733. The molecule has 0 saturated carbocycles. The third-order valence-electron chi connectivity index (χ3n) is 4.05. The molecule has 1 fully saturated rings. The van der Waals surface area contributed by atoms with E-state index in [1.807, 2.05) is 18.7 Å². The second-order valence-electron chi connectivity index (χ2n) is 5.38. The number of thioether (sulfide) groups is 1. The highest BCUT2D eigenvalue weighted by atomic mass is 32.2. The predicted octanol–water partition coefficient (Wildman–Crippen LogP) is 2.70. The smallest absolute Gasteiger partial charge is 0.163 e. The van der Waals surface area contributed by atoms with E-state index in [9.17, 15) is 0 Å². The number of rotatable bonds is 5. The molecule has 21 heavy (non-hydrogen) atoms. The molecule has 1 aromatic heterocycles. The van der Waals surface area contributed by atoms with Gasteiger partial charge in [0.1, 0.15) is 11.4 Å². The van der Waals surface area contributed by atoms with Crippen LogP contribution in [0.1, 0.15) is 43.8 Å². The first-order valence-corrected chi connectivity index (χ1v) is 8.88. The average Bonchev–Trinajstić information content (AvgIpc) is 2.97. The van der Waals surface area contributed by atoms with Crippen molar-refractivity contribution in [3.05, 3.63) is 17.1 Å². The van der Waals surface area contributed by atoms with E-state index in [0.717, 1.165) is 42.5 Å². The van der Waals surface area contributed by atoms with E-state index in [2.05, 4.69) is 12.2 Å². The van der Waals surface area contributed by atoms with Crippen LogP contribution in [0.15, 0.2) is 0 Å². The molecule has 1 saturated heterocycles. The van der Waals surface area contributed by atoms with Crippen LogP contribution in [0.4, 0.5) is 5.82 Å². The molecule has 2 aliphatic heterocycles. The van der Waals surface area contributed by atoms with Crippen molar-refractivity contribution >= 4 is 17.6 Å². The molecule has 6 heteroatoms. The molecule has 0 aliphatic carbocycles. The molecule has 0 atom stereocenters. The van der Waals surface area contributed by atoms with Gasteiger partial charge in [0, 0.05) is 56.3 Å². The fourth-order valence-corrected chi connectivity index (χ4v) is 4.02. The summed E-state index contributed by atoms with van der Waals surface area (Å²) in [5.41, 5.74) is 2.07. The van der Waals surface area contributed by atoms with E-state index in [1.54, 1.807) is 0 Å². The molecule has 0 spiro atoms. The molecule has 3 rings (SSSR count). The Morgan fingerprint density at radius 3 is 2.76 bits per heavy atom. The number of hydrogen-bond donors (Lipinski definition) is 1. The Balaban J connectivity index is 2.01. The van der Waals surface area contributed by atoms with Gasteiger partial charge in [0.2, 0.25) is 0 Å². The van der Waals surface area contributed by atoms with E-state index in [1.165, 1.54) is 11.3 Å². The Hall–Kier alpha value is -0.850. The van der Waals surface area contributed by atoms with Gasteiger partial charge >= 0.3 is 0 Å². The van der Waals surface area contributed by atoms with Crippen molar-refractivity contribution in [3.63, 3.8) is 0 Å². The van der Waals surface area contributed by atoms with Gasteiger partial charge in [0.05, 0.1) is 5.69 Å². The van der Waals surface area contributed by atoms with Crippen molar-refractivity contribution in [3.8, 4) is 0 Å². The van der Waals surface area contributed by atoms with Gasteiger partial charge in [-0.25, -0.2) is 9.97 Å². The Bertz CT molecular complexity index is 498. The van der Waals surface area contributed by atoms with E-state index in [0.29, 0.717) is 19.8 Å². The third-order valence-corrected chi connectivity index (χ3v) is 5.02. The number of aromatic nitrogens is 2. The van der Waals surface area contributed by atoms with Crippen molar-refractivity contribution in [2.75, 3.05) is 31.7 Å². The Morgan fingerprint density at radius 2 is 2.05 bits per heavy atom. The Kier molecular flexibility index (Phi) is 4.66. The van der Waals surface area contributed by atoms with Crippen LogP contribution in [0.5, 0.6) is 0 Å². The molecule has 2 aliphatic rings. The van der Waals surface area contributed by atoms with Gasteiger partial charge in [0.15, 0.2) is 5.82 Å². The highest BCUT2D eigenvalue weighted by Gasteiger charge is 2.39. The Labute approximate surface area is 130 Å². The summed E-state index contributed by atoms with van der Waals surface area (Å²) in [6.45, 7) is 7.11. The van der Waals surface area contributed by atoms with E-state index in [-0.39, 0.29) is 5.60 Å². The highest BCUT2D eigenvalue weighted by Crippen LogP contribution is 2.38. The van der Waals surface area contributed by atoms with Gasteiger partial charge in [-0.15, -0.1) is 0 Å². The quantitative estimate of drug-likeness (QED) is 0.902. The first-order valence-electron chi connectivity index (χ1n) is 7.72. The van der Waals surface area contributed by atoms with Crippen LogP contribution in [0, 0.1) is 0 Å². The molecule has 0 radical (unpaired) electrons. The zero-order chi connectivity index (χ0) is 14.7. The van der Waals surface area contributed by atoms with Crippen LogP contribution < -0.4 is 5.32 Å². The minimum Gasteiger partial charge on any atom is -0.381 e. The van der Waals surface area contributed by atoms with Crippen LogP contribution in [0.25, 0.3) is 0 Å². The number of nitrogens with one attached hydrogen (secondary N) is 1. The van der Waals surface area contributed by atoms with E-state index < -0.39 is 0 Å². The van der Waals surface area contributed by atoms with Crippen LogP contribution in [-0.4, -0.2) is 36.3 Å². The first kappa shape index (κ1) is 15.1. The summed E-state index contributed by atoms with van der Waals surface area (Å²) in [4.78, 5) is 9.69. The number of ether oxygens (including phenoxy) is 2. The average molecular weight is 309 g/mol. The van der Waals surface area contributed by atoms with Crippen LogP contribution >= 0.6 is 11.8 Å². The fourth-order valence-electron chi connectivity index (χ4n) is 2.98. The number of hydrogen-bond acceptors (Lipinski definition) is 6. The van der Waals surface area contributed by atoms with Gasteiger partial charge in [-0.05, 0) is 13.8 Å². The summed E-state index contributed by atoms with van der Waals surface area (Å²) in [5.74, 6) is 3.81. The zero-order valence-electron chi connectivity index (χ0n) is 12.8. The number of anilines is 1. The molecule has 0 unspecified atom stereocenters. The molecule has 0 aromatic carbocycles. The molecular formula is C15H23N3O2S. The maximum Gasteiger partial charge on any atom is 0.163 e. The minimum atomic E-state index is -0.376. The maximum atomic E-state index is 6.11. The topological polar surface area (TPSA) is 56.3 Å². The van der Waals surface area contributed by atoms with Crippen molar-refractivity contribution in [1.82, 2.24) is 9.97 Å². The molecule has 1 N–H and O–H groups in total. The summed E-state index contributed by atoms with van der Waals surface area (Å²) in [6, 6.07) is 0. The molecular weight excluding hydrogens is 286 g/mol. The second-order valence-corrected chi connectivity index (χ2v) is 6.37. The van der Waals surface area contributed by atoms with Gasteiger partial charge in [-0.3, -0.25) is 0 Å². The summed E-state index contributed by atoms with van der Waals surface area (Å²) >= 11 is 1.90. The molecule has 1 aromatic rings. The molecule has 5 nitrogen and oxygen atoms in total. The monoisotopic (exact) mass is 309 g/mol. The van der Waals surface area contributed by atoms with E-state index in [4.69, 9.17) is 19.4 Å². The first-order chi connectivity index (χ1) is 10.3. The number of nitrogens with zero attached hydrogens (tertiary/aromatic N) is 2. The Morgan fingerprint density at radius 1 is 1.24 bits per heavy atom. The molecule has 0 amide bonds. The van der Waals surface area contributed by atoms with Gasteiger partial charge in [-0.2, -0.15) is 11.8 Å². The summed E-state index contributed by atoms with van der Waals surface area (Å²) in [6.07, 6.45) is 1.66. The maximum absolute atomic E-state index is 6.11. The third kappa shape index (κ3) is 2.89. The lowest BCUT2D eigenvalue weighted by Gasteiger charge is -2.35. The zero-order valence-corrected chi connectivity index (χ0v) is 13.6. The van der Waals surface area contributed by atoms with Crippen molar-refractivity contribution < 1.29 is 9.47 Å². The molecule has 3 heterocycles. The lowest BCUT2D eigenvalue weighted by molar-refractivity contribution is -0.117. The van der Waals surface area contributed by atoms with Crippen molar-refractivity contribution in [2.24, 2.45) is 0 Å². The van der Waals surface area contributed by atoms with Crippen LogP contribution in [-0.2, 0) is 26.6 Å². The van der Waals surface area contributed by atoms with E-state index >= 15 is 0 Å². The minimum absolute atomic E-state index is 0.376. The normalized spacial score (nSPS) is 20.3. The highest BCUT2D eigenvalue weighted by molar-refractivity contribution is 7.98. The summed E-state index contributed by atoms with van der Waals surface area (Å²) < 4.78 is 11.6. The summed E-state index contributed by atoms with van der Waals surface area (Å²) in [5, 5.41) is 3.40. The van der Waals surface area contributed by atoms with Crippen molar-refractivity contribution in [1.29, 1.82) is 0 Å². The largest absolute Gasteiger partial charge is 0.381 e. The predicted molar refractivity (Wildman–Crippen MR) is 84.6 cm³/mol. The van der Waals surface area contributed by atoms with Crippen LogP contribution in [0.2, 0.25) is 0 Å². The molecule has 116 valence electrons.